The van der Waals surface area contributed by atoms with Gasteiger partial charge in [-0.05, 0) is 31.4 Å². The molecule has 2 N–H and O–H groups in total. The van der Waals surface area contributed by atoms with Crippen LogP contribution in [-0.4, -0.2) is 44.2 Å². The molecule has 0 radical (unpaired) electrons. The summed E-state index contributed by atoms with van der Waals surface area (Å²) in [7, 11) is 1.64. The number of ether oxygens (including phenoxy) is 2. The fraction of sp³-hybridized carbons (Fsp3) is 0.647. The summed E-state index contributed by atoms with van der Waals surface area (Å²) in [6.45, 7) is 7.55. The molecule has 0 aliphatic rings. The quantitative estimate of drug-likeness (QED) is 0.695. The lowest BCUT2D eigenvalue weighted by Crippen LogP contribution is -2.33. The molecule has 1 rings (SSSR count). The molecule has 120 valence electrons. The standard InChI is InChI=1S/C17H29NO3/c1-5-15-6-8-16(9-7-15)14(3)18-10-17(19)12-21-13(2)11-20-4/h6-9,13-14,17-19H,5,10-12H2,1-4H3. The number of aliphatic hydroxyl groups is 1. The van der Waals surface area contributed by atoms with Gasteiger partial charge in [-0.1, -0.05) is 31.2 Å². The second-order valence-corrected chi connectivity index (χ2v) is 5.48. The highest BCUT2D eigenvalue weighted by Gasteiger charge is 2.10. The average Bonchev–Trinajstić information content (AvgIpc) is 2.51. The Hall–Kier alpha value is -0.940. The molecule has 3 atom stereocenters. The maximum atomic E-state index is 9.92. The molecule has 1 aromatic rings. The van der Waals surface area contributed by atoms with E-state index >= 15 is 0 Å². The van der Waals surface area contributed by atoms with Gasteiger partial charge >= 0.3 is 0 Å². The van der Waals surface area contributed by atoms with Crippen molar-refractivity contribution in [2.75, 3.05) is 26.9 Å². The maximum Gasteiger partial charge on any atom is 0.0898 e. The molecular formula is C17H29NO3. The van der Waals surface area contributed by atoms with Gasteiger partial charge in [0.15, 0.2) is 0 Å². The van der Waals surface area contributed by atoms with Crippen molar-refractivity contribution in [2.45, 2.75) is 45.4 Å². The first kappa shape index (κ1) is 18.1. The average molecular weight is 295 g/mol. The second-order valence-electron chi connectivity index (χ2n) is 5.48. The van der Waals surface area contributed by atoms with E-state index in [2.05, 4.69) is 43.4 Å². The lowest BCUT2D eigenvalue weighted by Gasteiger charge is -2.19. The van der Waals surface area contributed by atoms with E-state index in [0.717, 1.165) is 6.42 Å². The molecule has 4 heteroatoms. The molecule has 0 amide bonds. The van der Waals surface area contributed by atoms with Crippen LogP contribution in [0.15, 0.2) is 24.3 Å². The van der Waals surface area contributed by atoms with Gasteiger partial charge in [0, 0.05) is 19.7 Å². The molecule has 0 heterocycles. The van der Waals surface area contributed by atoms with Crippen molar-refractivity contribution in [1.82, 2.24) is 5.32 Å². The predicted molar refractivity (Wildman–Crippen MR) is 85.5 cm³/mol. The van der Waals surface area contributed by atoms with Crippen molar-refractivity contribution in [3.63, 3.8) is 0 Å². The number of hydrogen-bond acceptors (Lipinski definition) is 4. The number of hydrogen-bond donors (Lipinski definition) is 2. The van der Waals surface area contributed by atoms with Gasteiger partial charge in [0.2, 0.25) is 0 Å². The molecular weight excluding hydrogens is 266 g/mol. The molecule has 1 aromatic carbocycles. The number of aryl methyl sites for hydroxylation is 1. The summed E-state index contributed by atoms with van der Waals surface area (Å²) in [5, 5.41) is 13.2. The van der Waals surface area contributed by atoms with Crippen LogP contribution in [0.4, 0.5) is 0 Å². The van der Waals surface area contributed by atoms with E-state index in [1.807, 2.05) is 6.92 Å². The highest BCUT2D eigenvalue weighted by atomic mass is 16.5. The van der Waals surface area contributed by atoms with Gasteiger partial charge in [-0.25, -0.2) is 0 Å². The Kier molecular flexibility index (Phi) is 8.54. The van der Waals surface area contributed by atoms with Crippen LogP contribution in [-0.2, 0) is 15.9 Å². The molecule has 0 aliphatic heterocycles. The van der Waals surface area contributed by atoms with Crippen molar-refractivity contribution in [3.05, 3.63) is 35.4 Å². The maximum absolute atomic E-state index is 9.92. The van der Waals surface area contributed by atoms with E-state index in [4.69, 9.17) is 9.47 Å². The van der Waals surface area contributed by atoms with Gasteiger partial charge < -0.3 is 19.9 Å². The third kappa shape index (κ3) is 7.05. The van der Waals surface area contributed by atoms with Crippen LogP contribution in [0, 0.1) is 0 Å². The summed E-state index contributed by atoms with van der Waals surface area (Å²) in [6.07, 6.45) is 0.544. The Bertz CT molecular complexity index is 380. The Morgan fingerprint density at radius 3 is 2.38 bits per heavy atom. The van der Waals surface area contributed by atoms with Crippen LogP contribution in [0.3, 0.4) is 0 Å². The Morgan fingerprint density at radius 2 is 1.81 bits per heavy atom. The molecule has 0 fully saturated rings. The first-order valence-corrected chi connectivity index (χ1v) is 7.67. The number of rotatable bonds is 10. The summed E-state index contributed by atoms with van der Waals surface area (Å²) in [5.41, 5.74) is 2.57. The molecule has 0 aromatic heterocycles. The van der Waals surface area contributed by atoms with Gasteiger partial charge in [-0.2, -0.15) is 0 Å². The van der Waals surface area contributed by atoms with Crippen molar-refractivity contribution in [2.24, 2.45) is 0 Å². The Balaban J connectivity index is 2.29. The molecule has 0 bridgehead atoms. The van der Waals surface area contributed by atoms with Gasteiger partial charge in [0.25, 0.3) is 0 Å². The van der Waals surface area contributed by atoms with Gasteiger partial charge in [-0.3, -0.25) is 0 Å². The zero-order valence-electron chi connectivity index (χ0n) is 13.6. The third-order valence-corrected chi connectivity index (χ3v) is 3.52. The van der Waals surface area contributed by atoms with E-state index in [0.29, 0.717) is 19.8 Å². The summed E-state index contributed by atoms with van der Waals surface area (Å²) in [4.78, 5) is 0. The molecule has 4 nitrogen and oxygen atoms in total. The topological polar surface area (TPSA) is 50.7 Å². The largest absolute Gasteiger partial charge is 0.389 e. The number of methoxy groups -OCH3 is 1. The minimum Gasteiger partial charge on any atom is -0.389 e. The smallest absolute Gasteiger partial charge is 0.0898 e. The molecule has 0 spiro atoms. The minimum atomic E-state index is -0.512. The van der Waals surface area contributed by atoms with Gasteiger partial charge in [-0.15, -0.1) is 0 Å². The minimum absolute atomic E-state index is 0.00339. The lowest BCUT2D eigenvalue weighted by molar-refractivity contribution is -0.0315. The first-order valence-electron chi connectivity index (χ1n) is 7.67. The lowest BCUT2D eigenvalue weighted by atomic mass is 10.0. The van der Waals surface area contributed by atoms with Crippen LogP contribution in [0.5, 0.6) is 0 Å². The summed E-state index contributed by atoms with van der Waals surface area (Å²) >= 11 is 0. The zero-order chi connectivity index (χ0) is 15.7. The molecule has 0 saturated carbocycles. The molecule has 0 saturated heterocycles. The van der Waals surface area contributed by atoms with Gasteiger partial charge in [0.05, 0.1) is 25.4 Å². The fourth-order valence-corrected chi connectivity index (χ4v) is 2.09. The summed E-state index contributed by atoms with van der Waals surface area (Å²) < 4.78 is 10.5. The Morgan fingerprint density at radius 1 is 1.14 bits per heavy atom. The Labute approximate surface area is 128 Å². The predicted octanol–water partition coefficient (Wildman–Crippen LogP) is 2.31. The van der Waals surface area contributed by atoms with Crippen molar-refractivity contribution in [3.8, 4) is 0 Å². The van der Waals surface area contributed by atoms with E-state index < -0.39 is 6.10 Å². The normalized spacial score (nSPS) is 15.7. The third-order valence-electron chi connectivity index (χ3n) is 3.52. The molecule has 3 unspecified atom stereocenters. The van der Waals surface area contributed by atoms with E-state index in [-0.39, 0.29) is 12.1 Å². The van der Waals surface area contributed by atoms with Crippen LogP contribution < -0.4 is 5.32 Å². The monoisotopic (exact) mass is 295 g/mol. The first-order chi connectivity index (χ1) is 10.1. The van der Waals surface area contributed by atoms with Crippen molar-refractivity contribution >= 4 is 0 Å². The van der Waals surface area contributed by atoms with E-state index in [1.54, 1.807) is 7.11 Å². The zero-order valence-corrected chi connectivity index (χ0v) is 13.6. The second kappa shape index (κ2) is 9.90. The highest BCUT2D eigenvalue weighted by molar-refractivity contribution is 5.24. The fourth-order valence-electron chi connectivity index (χ4n) is 2.09. The number of benzene rings is 1. The number of nitrogens with one attached hydrogen (secondary N) is 1. The van der Waals surface area contributed by atoms with E-state index in [9.17, 15) is 5.11 Å². The summed E-state index contributed by atoms with van der Waals surface area (Å²) in [5.74, 6) is 0. The van der Waals surface area contributed by atoms with Crippen LogP contribution in [0.2, 0.25) is 0 Å². The highest BCUT2D eigenvalue weighted by Crippen LogP contribution is 2.13. The van der Waals surface area contributed by atoms with Gasteiger partial charge in [0.1, 0.15) is 0 Å². The van der Waals surface area contributed by atoms with Crippen molar-refractivity contribution in [1.29, 1.82) is 0 Å². The van der Waals surface area contributed by atoms with Crippen LogP contribution in [0.1, 0.15) is 37.9 Å². The molecule has 21 heavy (non-hydrogen) atoms. The van der Waals surface area contributed by atoms with E-state index in [1.165, 1.54) is 11.1 Å². The van der Waals surface area contributed by atoms with Crippen molar-refractivity contribution < 1.29 is 14.6 Å². The summed E-state index contributed by atoms with van der Waals surface area (Å²) in [6, 6.07) is 8.79. The number of aliphatic hydroxyl groups excluding tert-OH is 1. The molecule has 0 aliphatic carbocycles. The van der Waals surface area contributed by atoms with Crippen LogP contribution >= 0.6 is 0 Å². The SMILES string of the molecule is CCc1ccc(C(C)NCC(O)COC(C)COC)cc1. The van der Waals surface area contributed by atoms with Crippen LogP contribution in [0.25, 0.3) is 0 Å².